The molecule has 3 amide bonds. The van der Waals surface area contributed by atoms with Gasteiger partial charge in [0.25, 0.3) is 11.8 Å². The van der Waals surface area contributed by atoms with Crippen molar-refractivity contribution in [2.24, 2.45) is 5.92 Å². The number of carbonyl (C=O) groups is 4. The van der Waals surface area contributed by atoms with Crippen molar-refractivity contribution >= 4 is 40.2 Å². The van der Waals surface area contributed by atoms with Crippen LogP contribution >= 0.6 is 0 Å². The number of methoxy groups -OCH3 is 1. The standard InChI is InChI=1S/C27H27N3O5/c1-35-24(31)17-28-25(32)20-8-4-9-21(16-20)29-26(33)19-12-14-30(15-13-19)27(34)23-11-5-7-18-6-2-3-10-22(18)23/h2-11,16,19H,12-15,17H2,1H3,(H,28,32)(H,29,33). The smallest absolute Gasteiger partial charge is 0.325 e. The van der Waals surface area contributed by atoms with E-state index in [1.54, 1.807) is 29.2 Å². The lowest BCUT2D eigenvalue weighted by Crippen LogP contribution is -2.41. The van der Waals surface area contributed by atoms with E-state index < -0.39 is 11.9 Å². The molecular weight excluding hydrogens is 446 g/mol. The van der Waals surface area contributed by atoms with Gasteiger partial charge in [0.2, 0.25) is 5.91 Å². The summed E-state index contributed by atoms with van der Waals surface area (Å²) in [7, 11) is 1.24. The number of rotatable bonds is 6. The van der Waals surface area contributed by atoms with Crippen LogP contribution in [-0.2, 0) is 14.3 Å². The van der Waals surface area contributed by atoms with Gasteiger partial charge in [-0.15, -0.1) is 0 Å². The van der Waals surface area contributed by atoms with Crippen molar-refractivity contribution in [1.82, 2.24) is 10.2 Å². The Morgan fingerprint density at radius 3 is 2.43 bits per heavy atom. The van der Waals surface area contributed by atoms with Gasteiger partial charge in [0.1, 0.15) is 6.54 Å². The summed E-state index contributed by atoms with van der Waals surface area (Å²) in [5.41, 5.74) is 1.49. The molecular formula is C27H27N3O5. The highest BCUT2D eigenvalue weighted by molar-refractivity contribution is 6.07. The van der Waals surface area contributed by atoms with Crippen molar-refractivity contribution in [3.63, 3.8) is 0 Å². The molecule has 1 aliphatic rings. The second-order valence-corrected chi connectivity index (χ2v) is 8.42. The molecule has 0 bridgehead atoms. The first-order chi connectivity index (χ1) is 17.0. The number of esters is 1. The maximum absolute atomic E-state index is 13.2. The summed E-state index contributed by atoms with van der Waals surface area (Å²) < 4.78 is 4.51. The second kappa shape index (κ2) is 10.8. The number of ether oxygens (including phenoxy) is 1. The van der Waals surface area contributed by atoms with Crippen LogP contribution in [0, 0.1) is 5.92 Å². The van der Waals surface area contributed by atoms with E-state index in [0.29, 0.717) is 42.7 Å². The summed E-state index contributed by atoms with van der Waals surface area (Å²) in [5.74, 6) is -1.39. The van der Waals surface area contributed by atoms with Gasteiger partial charge in [0.05, 0.1) is 7.11 Å². The third kappa shape index (κ3) is 5.66. The fraction of sp³-hybridized carbons (Fsp3) is 0.259. The highest BCUT2D eigenvalue weighted by Crippen LogP contribution is 2.24. The first-order valence-corrected chi connectivity index (χ1v) is 11.5. The zero-order valence-electron chi connectivity index (χ0n) is 19.5. The minimum Gasteiger partial charge on any atom is -0.468 e. The average molecular weight is 474 g/mol. The highest BCUT2D eigenvalue weighted by atomic mass is 16.5. The monoisotopic (exact) mass is 473 g/mol. The van der Waals surface area contributed by atoms with Crippen molar-refractivity contribution in [3.8, 4) is 0 Å². The van der Waals surface area contributed by atoms with Gasteiger partial charge in [-0.1, -0.05) is 42.5 Å². The lowest BCUT2D eigenvalue weighted by atomic mass is 9.94. The number of likely N-dealkylation sites (tertiary alicyclic amines) is 1. The molecule has 1 heterocycles. The molecule has 0 aromatic heterocycles. The number of nitrogens with zero attached hydrogens (tertiary/aromatic N) is 1. The Morgan fingerprint density at radius 1 is 0.943 bits per heavy atom. The van der Waals surface area contributed by atoms with Crippen molar-refractivity contribution in [3.05, 3.63) is 77.9 Å². The lowest BCUT2D eigenvalue weighted by Gasteiger charge is -2.31. The first kappa shape index (κ1) is 23.9. The molecule has 0 spiro atoms. The summed E-state index contributed by atoms with van der Waals surface area (Å²) in [6.07, 6.45) is 1.11. The number of fused-ring (bicyclic) bond motifs is 1. The van der Waals surface area contributed by atoms with E-state index in [2.05, 4.69) is 15.4 Å². The molecule has 3 aromatic carbocycles. The van der Waals surface area contributed by atoms with Gasteiger partial charge in [-0.3, -0.25) is 19.2 Å². The fourth-order valence-corrected chi connectivity index (χ4v) is 4.24. The number of hydrogen-bond acceptors (Lipinski definition) is 5. The second-order valence-electron chi connectivity index (χ2n) is 8.42. The number of carbonyl (C=O) groups excluding carboxylic acids is 4. The molecule has 8 nitrogen and oxygen atoms in total. The van der Waals surface area contributed by atoms with Crippen LogP contribution in [0.2, 0.25) is 0 Å². The van der Waals surface area contributed by atoms with Crippen LogP contribution < -0.4 is 10.6 Å². The topological polar surface area (TPSA) is 105 Å². The fourth-order valence-electron chi connectivity index (χ4n) is 4.24. The molecule has 2 N–H and O–H groups in total. The van der Waals surface area contributed by atoms with E-state index >= 15 is 0 Å². The minimum absolute atomic E-state index is 0.0219. The van der Waals surface area contributed by atoms with E-state index in [9.17, 15) is 19.2 Å². The molecule has 4 rings (SSSR count). The van der Waals surface area contributed by atoms with E-state index in [1.165, 1.54) is 7.11 Å². The van der Waals surface area contributed by atoms with Crippen LogP contribution in [0.4, 0.5) is 5.69 Å². The van der Waals surface area contributed by atoms with Crippen LogP contribution in [0.1, 0.15) is 33.6 Å². The molecule has 1 saturated heterocycles. The summed E-state index contributed by atoms with van der Waals surface area (Å²) >= 11 is 0. The number of benzene rings is 3. The number of amides is 3. The Balaban J connectivity index is 1.34. The quantitative estimate of drug-likeness (QED) is 0.535. The first-order valence-electron chi connectivity index (χ1n) is 11.5. The van der Waals surface area contributed by atoms with Crippen LogP contribution in [0.15, 0.2) is 66.7 Å². The van der Waals surface area contributed by atoms with Gasteiger partial charge in [-0.2, -0.15) is 0 Å². The van der Waals surface area contributed by atoms with Gasteiger partial charge < -0.3 is 20.3 Å². The number of nitrogens with one attached hydrogen (secondary N) is 2. The predicted octanol–water partition coefficient (Wildman–Crippen LogP) is 3.23. The van der Waals surface area contributed by atoms with E-state index in [-0.39, 0.29) is 24.3 Å². The predicted molar refractivity (Wildman–Crippen MR) is 132 cm³/mol. The molecule has 180 valence electrons. The van der Waals surface area contributed by atoms with Gasteiger partial charge in [-0.05, 0) is 47.9 Å². The molecule has 0 unspecified atom stereocenters. The van der Waals surface area contributed by atoms with E-state index in [1.807, 2.05) is 42.5 Å². The van der Waals surface area contributed by atoms with Crippen LogP contribution in [0.25, 0.3) is 10.8 Å². The van der Waals surface area contributed by atoms with Gasteiger partial charge in [0, 0.05) is 35.8 Å². The zero-order chi connectivity index (χ0) is 24.8. The van der Waals surface area contributed by atoms with E-state index in [0.717, 1.165) is 10.8 Å². The Bertz CT molecular complexity index is 1260. The highest BCUT2D eigenvalue weighted by Gasteiger charge is 2.28. The van der Waals surface area contributed by atoms with Gasteiger partial charge >= 0.3 is 5.97 Å². The third-order valence-electron chi connectivity index (χ3n) is 6.19. The molecule has 0 aliphatic carbocycles. The summed E-state index contributed by atoms with van der Waals surface area (Å²) in [6, 6.07) is 20.1. The number of anilines is 1. The maximum atomic E-state index is 13.2. The average Bonchev–Trinajstić information content (AvgIpc) is 2.91. The molecule has 8 heteroatoms. The summed E-state index contributed by atoms with van der Waals surface area (Å²) in [4.78, 5) is 51.3. The molecule has 0 saturated carbocycles. The molecule has 0 atom stereocenters. The molecule has 35 heavy (non-hydrogen) atoms. The van der Waals surface area contributed by atoms with Gasteiger partial charge in [0.15, 0.2) is 0 Å². The molecule has 1 fully saturated rings. The largest absolute Gasteiger partial charge is 0.468 e. The summed E-state index contributed by atoms with van der Waals surface area (Å²) in [6.45, 7) is 0.758. The third-order valence-corrected chi connectivity index (χ3v) is 6.19. The molecule has 1 aliphatic heterocycles. The normalized spacial score (nSPS) is 13.8. The van der Waals surface area contributed by atoms with Crippen molar-refractivity contribution in [1.29, 1.82) is 0 Å². The molecule has 3 aromatic rings. The van der Waals surface area contributed by atoms with Crippen molar-refractivity contribution in [2.75, 3.05) is 32.1 Å². The SMILES string of the molecule is COC(=O)CNC(=O)c1cccc(NC(=O)C2CCN(C(=O)c3cccc4ccccc34)CC2)c1. The minimum atomic E-state index is -0.548. The number of hydrogen-bond donors (Lipinski definition) is 2. The zero-order valence-corrected chi connectivity index (χ0v) is 19.5. The maximum Gasteiger partial charge on any atom is 0.325 e. The van der Waals surface area contributed by atoms with Crippen LogP contribution in [-0.4, -0.2) is 55.3 Å². The van der Waals surface area contributed by atoms with Crippen molar-refractivity contribution < 1.29 is 23.9 Å². The van der Waals surface area contributed by atoms with E-state index in [4.69, 9.17) is 0 Å². The Labute approximate surface area is 203 Å². The Kier molecular flexibility index (Phi) is 7.40. The van der Waals surface area contributed by atoms with Crippen LogP contribution in [0.5, 0.6) is 0 Å². The lowest BCUT2D eigenvalue weighted by molar-refractivity contribution is -0.139. The van der Waals surface area contributed by atoms with Crippen LogP contribution in [0.3, 0.4) is 0 Å². The Morgan fingerprint density at radius 2 is 1.66 bits per heavy atom. The Hall–Kier alpha value is -4.20. The number of piperidine rings is 1. The molecule has 0 radical (unpaired) electrons. The summed E-state index contributed by atoms with van der Waals surface area (Å²) in [5, 5.41) is 7.29. The van der Waals surface area contributed by atoms with Crippen molar-refractivity contribution in [2.45, 2.75) is 12.8 Å². The van der Waals surface area contributed by atoms with Gasteiger partial charge in [-0.25, -0.2) is 0 Å².